The van der Waals surface area contributed by atoms with Gasteiger partial charge in [-0.3, -0.25) is 0 Å². The highest BCUT2D eigenvalue weighted by atomic mass is 79.9. The Hall–Kier alpha value is -1.28. The van der Waals surface area contributed by atoms with Gasteiger partial charge >= 0.3 is 0 Å². The molecule has 0 radical (unpaired) electrons. The largest absolute Gasteiger partial charge is 0.496 e. The maximum absolute atomic E-state index is 5.33. The molecule has 0 aliphatic carbocycles. The van der Waals surface area contributed by atoms with Gasteiger partial charge in [-0.15, -0.1) is 0 Å². The highest BCUT2D eigenvalue weighted by Crippen LogP contribution is 2.29. The van der Waals surface area contributed by atoms with Crippen molar-refractivity contribution in [1.29, 1.82) is 0 Å². The molecule has 0 aromatic heterocycles. The molecule has 0 saturated heterocycles. The Morgan fingerprint density at radius 2 is 1.75 bits per heavy atom. The van der Waals surface area contributed by atoms with Crippen LogP contribution in [-0.4, -0.2) is 7.11 Å². The van der Waals surface area contributed by atoms with E-state index in [1.54, 1.807) is 7.11 Å². The van der Waals surface area contributed by atoms with Crippen molar-refractivity contribution in [3.05, 3.63) is 63.1 Å². The lowest BCUT2D eigenvalue weighted by molar-refractivity contribution is 0.411. The maximum atomic E-state index is 5.33. The molecule has 20 heavy (non-hydrogen) atoms. The molecule has 0 aliphatic rings. The average Bonchev–Trinajstić information content (AvgIpc) is 2.43. The summed E-state index contributed by atoms with van der Waals surface area (Å²) in [5.74, 6) is 1.47. The molecule has 0 heterocycles. The number of hydrogen-bond donors (Lipinski definition) is 0. The molecule has 106 valence electrons. The van der Waals surface area contributed by atoms with Crippen molar-refractivity contribution >= 4 is 15.9 Å². The molecule has 0 atom stereocenters. The van der Waals surface area contributed by atoms with Crippen LogP contribution >= 0.6 is 15.9 Å². The Morgan fingerprint density at radius 3 is 2.30 bits per heavy atom. The number of halogens is 1. The van der Waals surface area contributed by atoms with Crippen LogP contribution in [0.5, 0.6) is 5.75 Å². The smallest absolute Gasteiger partial charge is 0.133 e. The lowest BCUT2D eigenvalue weighted by Crippen LogP contribution is -1.95. The first-order chi connectivity index (χ1) is 9.51. The second-order valence-corrected chi connectivity index (χ2v) is 6.34. The van der Waals surface area contributed by atoms with Crippen LogP contribution in [0.3, 0.4) is 0 Å². The molecule has 2 aromatic carbocycles. The van der Waals surface area contributed by atoms with E-state index in [0.29, 0.717) is 5.92 Å². The Morgan fingerprint density at radius 1 is 1.10 bits per heavy atom. The number of ether oxygens (including phenoxy) is 1. The van der Waals surface area contributed by atoms with Crippen LogP contribution in [0.15, 0.2) is 40.9 Å². The van der Waals surface area contributed by atoms with Crippen molar-refractivity contribution in [3.63, 3.8) is 0 Å². The molecule has 0 spiro atoms. The molecule has 0 amide bonds. The fraction of sp³-hybridized carbons (Fsp3) is 0.333. The average molecular weight is 333 g/mol. The molecule has 0 N–H and O–H groups in total. The van der Waals surface area contributed by atoms with Crippen molar-refractivity contribution < 1.29 is 4.74 Å². The van der Waals surface area contributed by atoms with Crippen molar-refractivity contribution in [2.75, 3.05) is 7.11 Å². The third-order valence-corrected chi connectivity index (χ3v) is 4.27. The van der Waals surface area contributed by atoms with Crippen molar-refractivity contribution in [1.82, 2.24) is 0 Å². The van der Waals surface area contributed by atoms with Crippen molar-refractivity contribution in [3.8, 4) is 5.75 Å². The number of rotatable bonds is 4. The van der Waals surface area contributed by atoms with Gasteiger partial charge in [0.25, 0.3) is 0 Å². The SMILES string of the molecule is COc1cc(C)c(Cc2ccc(C(C)C)cc2)cc1Br. The number of benzene rings is 2. The summed E-state index contributed by atoms with van der Waals surface area (Å²) in [4.78, 5) is 0. The minimum absolute atomic E-state index is 0.584. The van der Waals surface area contributed by atoms with E-state index in [4.69, 9.17) is 4.74 Å². The van der Waals surface area contributed by atoms with Crippen LogP contribution in [-0.2, 0) is 6.42 Å². The zero-order valence-electron chi connectivity index (χ0n) is 12.5. The third-order valence-electron chi connectivity index (χ3n) is 3.65. The standard InChI is InChI=1S/C18H21BrO/c1-12(2)15-7-5-14(6-8-15)10-16-11-17(19)18(20-4)9-13(16)3/h5-9,11-12H,10H2,1-4H3. The summed E-state index contributed by atoms with van der Waals surface area (Å²) < 4.78 is 6.34. The van der Waals surface area contributed by atoms with Crippen LogP contribution in [0.25, 0.3) is 0 Å². The molecule has 0 saturated carbocycles. The van der Waals surface area contributed by atoms with Crippen molar-refractivity contribution in [2.45, 2.75) is 33.1 Å². The summed E-state index contributed by atoms with van der Waals surface area (Å²) in [5.41, 5.74) is 5.32. The van der Waals surface area contributed by atoms with E-state index >= 15 is 0 Å². The molecule has 2 aromatic rings. The number of methoxy groups -OCH3 is 1. The molecule has 2 heteroatoms. The monoisotopic (exact) mass is 332 g/mol. The van der Waals surface area contributed by atoms with Gasteiger partial charge in [0.2, 0.25) is 0 Å². The van der Waals surface area contributed by atoms with Gasteiger partial charge in [-0.2, -0.15) is 0 Å². The fourth-order valence-electron chi connectivity index (χ4n) is 2.28. The van der Waals surface area contributed by atoms with E-state index in [9.17, 15) is 0 Å². The van der Waals surface area contributed by atoms with Gasteiger partial charge < -0.3 is 4.74 Å². The summed E-state index contributed by atoms with van der Waals surface area (Å²) in [6, 6.07) is 13.2. The Bertz CT molecular complexity index is 585. The van der Waals surface area contributed by atoms with Gasteiger partial charge in [-0.05, 0) is 69.6 Å². The summed E-state index contributed by atoms with van der Waals surface area (Å²) in [6.45, 7) is 6.58. The Balaban J connectivity index is 2.23. The second-order valence-electron chi connectivity index (χ2n) is 5.49. The maximum Gasteiger partial charge on any atom is 0.133 e. The number of aryl methyl sites for hydroxylation is 1. The van der Waals surface area contributed by atoms with E-state index in [0.717, 1.165) is 16.6 Å². The lowest BCUT2D eigenvalue weighted by atomic mass is 9.97. The van der Waals surface area contributed by atoms with Gasteiger partial charge in [-0.25, -0.2) is 0 Å². The molecule has 1 nitrogen and oxygen atoms in total. The van der Waals surface area contributed by atoms with Crippen LogP contribution in [0, 0.1) is 6.92 Å². The quantitative estimate of drug-likeness (QED) is 0.720. The lowest BCUT2D eigenvalue weighted by Gasteiger charge is -2.11. The Kier molecular flexibility index (Phi) is 4.87. The summed E-state index contributed by atoms with van der Waals surface area (Å²) in [5, 5.41) is 0. The molecule has 2 rings (SSSR count). The predicted molar refractivity (Wildman–Crippen MR) is 88.8 cm³/mol. The highest BCUT2D eigenvalue weighted by Gasteiger charge is 2.07. The van der Waals surface area contributed by atoms with Gasteiger partial charge in [0.15, 0.2) is 0 Å². The van der Waals surface area contributed by atoms with E-state index in [2.05, 4.69) is 73.1 Å². The minimum Gasteiger partial charge on any atom is -0.496 e. The zero-order chi connectivity index (χ0) is 14.7. The molecule has 0 aliphatic heterocycles. The molecule has 0 bridgehead atoms. The zero-order valence-corrected chi connectivity index (χ0v) is 14.1. The van der Waals surface area contributed by atoms with Gasteiger partial charge in [-0.1, -0.05) is 38.1 Å². The van der Waals surface area contributed by atoms with Crippen molar-refractivity contribution in [2.24, 2.45) is 0 Å². The van der Waals surface area contributed by atoms with E-state index in [1.165, 1.54) is 22.3 Å². The van der Waals surface area contributed by atoms with Crippen LogP contribution < -0.4 is 4.74 Å². The normalized spacial score (nSPS) is 10.9. The van der Waals surface area contributed by atoms with E-state index in [1.807, 2.05) is 0 Å². The molecule has 0 unspecified atom stereocenters. The summed E-state index contributed by atoms with van der Waals surface area (Å²) in [6.07, 6.45) is 0.951. The minimum atomic E-state index is 0.584. The predicted octanol–water partition coefficient (Wildman–Crippen LogP) is 5.48. The van der Waals surface area contributed by atoms with Crippen LogP contribution in [0.4, 0.5) is 0 Å². The second kappa shape index (κ2) is 6.45. The first-order valence-electron chi connectivity index (χ1n) is 6.93. The van der Waals surface area contributed by atoms with E-state index in [-0.39, 0.29) is 0 Å². The first kappa shape index (κ1) is 15.1. The summed E-state index contributed by atoms with van der Waals surface area (Å²) in [7, 11) is 1.70. The number of hydrogen-bond acceptors (Lipinski definition) is 1. The molecular formula is C18H21BrO. The van der Waals surface area contributed by atoms with Gasteiger partial charge in [0.1, 0.15) is 5.75 Å². The first-order valence-corrected chi connectivity index (χ1v) is 7.72. The molecule has 0 fully saturated rings. The van der Waals surface area contributed by atoms with Crippen LogP contribution in [0.1, 0.15) is 42.0 Å². The topological polar surface area (TPSA) is 9.23 Å². The van der Waals surface area contributed by atoms with Crippen LogP contribution in [0.2, 0.25) is 0 Å². The highest BCUT2D eigenvalue weighted by molar-refractivity contribution is 9.10. The third kappa shape index (κ3) is 3.43. The van der Waals surface area contributed by atoms with Gasteiger partial charge in [0, 0.05) is 0 Å². The molecular weight excluding hydrogens is 312 g/mol. The fourth-order valence-corrected chi connectivity index (χ4v) is 2.84. The Labute approximate surface area is 130 Å². The van der Waals surface area contributed by atoms with E-state index < -0.39 is 0 Å². The summed E-state index contributed by atoms with van der Waals surface area (Å²) >= 11 is 3.56. The van der Waals surface area contributed by atoms with Gasteiger partial charge in [0.05, 0.1) is 11.6 Å².